The van der Waals surface area contributed by atoms with Crippen LogP contribution in [0, 0.1) is 46.3 Å². The van der Waals surface area contributed by atoms with Crippen LogP contribution in [-0.4, -0.2) is 26.3 Å². The third-order valence-corrected chi connectivity index (χ3v) is 6.02. The van der Waals surface area contributed by atoms with Crippen molar-refractivity contribution in [3.8, 4) is 34.8 Å². The van der Waals surface area contributed by atoms with Crippen LogP contribution in [0.15, 0.2) is 47.9 Å². The number of methoxy groups -OCH3 is 1. The van der Waals surface area contributed by atoms with Gasteiger partial charge >= 0.3 is 5.97 Å². The zero-order valence-corrected chi connectivity index (χ0v) is 22.4. The molecular formula is C29H23F5N2O6. The first kappa shape index (κ1) is 30.0. The molecule has 1 aliphatic heterocycles. The number of fused-ring (bicyclic) bond motifs is 1. The molecule has 0 bridgehead atoms. The molecule has 1 atom stereocenters. The first-order valence-corrected chi connectivity index (χ1v) is 12.3. The van der Waals surface area contributed by atoms with Crippen LogP contribution in [0.1, 0.15) is 30.9 Å². The molecule has 0 amide bonds. The number of esters is 1. The summed E-state index contributed by atoms with van der Waals surface area (Å²) in [6.45, 7) is 3.27. The summed E-state index contributed by atoms with van der Waals surface area (Å²) in [7, 11) is 1.48. The molecule has 42 heavy (non-hydrogen) atoms. The molecule has 3 aromatic rings. The fraction of sp³-hybridized carbons (Fsp3) is 0.241. The van der Waals surface area contributed by atoms with Crippen molar-refractivity contribution in [3.05, 3.63) is 88.1 Å². The van der Waals surface area contributed by atoms with E-state index in [-0.39, 0.29) is 28.9 Å². The van der Waals surface area contributed by atoms with E-state index in [1.54, 1.807) is 18.2 Å². The molecule has 0 fully saturated rings. The monoisotopic (exact) mass is 590 g/mol. The van der Waals surface area contributed by atoms with Gasteiger partial charge in [-0.3, -0.25) is 0 Å². The van der Waals surface area contributed by atoms with Crippen molar-refractivity contribution in [2.45, 2.75) is 19.8 Å². The summed E-state index contributed by atoms with van der Waals surface area (Å²) < 4.78 is 94.1. The number of ether oxygens (including phenoxy) is 5. The van der Waals surface area contributed by atoms with Gasteiger partial charge in [0.15, 0.2) is 23.9 Å². The quantitative estimate of drug-likeness (QED) is 0.112. The van der Waals surface area contributed by atoms with Crippen molar-refractivity contribution < 1.29 is 50.4 Å². The standard InChI is InChI=1S/C29H23F5N2O6/c1-13(2)11-39-18-7-4-14(8-20(18)38-3)22-16-6-5-15(9-19(16)42-29(36)17(22)10-35)41-21(37)12-40-28-26(33)24(31)23(30)25(32)27(28)34/h4-9,13,22H,11-12,36H2,1-3H3. The van der Waals surface area contributed by atoms with Gasteiger partial charge in [0.2, 0.25) is 35.0 Å². The summed E-state index contributed by atoms with van der Waals surface area (Å²) in [5, 5.41) is 9.83. The third kappa shape index (κ3) is 5.88. The predicted molar refractivity (Wildman–Crippen MR) is 136 cm³/mol. The van der Waals surface area contributed by atoms with E-state index in [9.17, 15) is 32.0 Å². The minimum Gasteiger partial charge on any atom is -0.493 e. The van der Waals surface area contributed by atoms with Crippen LogP contribution in [0.25, 0.3) is 0 Å². The van der Waals surface area contributed by atoms with Crippen molar-refractivity contribution >= 4 is 5.97 Å². The average Bonchev–Trinajstić information content (AvgIpc) is 2.97. The van der Waals surface area contributed by atoms with E-state index >= 15 is 0 Å². The van der Waals surface area contributed by atoms with Crippen LogP contribution in [0.5, 0.6) is 28.7 Å². The molecule has 0 aromatic heterocycles. The highest BCUT2D eigenvalue weighted by atomic mass is 19.2. The zero-order valence-electron chi connectivity index (χ0n) is 22.4. The van der Waals surface area contributed by atoms with E-state index in [0.717, 1.165) is 0 Å². The Balaban J connectivity index is 1.57. The molecule has 4 rings (SSSR count). The van der Waals surface area contributed by atoms with Crippen LogP contribution < -0.4 is 29.4 Å². The Morgan fingerprint density at radius 3 is 2.26 bits per heavy atom. The molecule has 0 saturated carbocycles. The van der Waals surface area contributed by atoms with E-state index in [1.165, 1.54) is 25.3 Å². The van der Waals surface area contributed by atoms with Crippen molar-refractivity contribution in [1.82, 2.24) is 0 Å². The lowest BCUT2D eigenvalue weighted by atomic mass is 9.83. The molecule has 0 aliphatic carbocycles. The van der Waals surface area contributed by atoms with E-state index in [0.29, 0.717) is 29.2 Å². The molecule has 220 valence electrons. The van der Waals surface area contributed by atoms with Crippen LogP contribution >= 0.6 is 0 Å². The Morgan fingerprint density at radius 2 is 1.64 bits per heavy atom. The SMILES string of the molecule is COc1cc(C2C(C#N)=C(N)Oc3cc(OC(=O)COc4c(F)c(F)c(F)c(F)c4F)ccc32)ccc1OCC(C)C. The molecule has 13 heteroatoms. The van der Waals surface area contributed by atoms with E-state index in [4.69, 9.17) is 24.7 Å². The summed E-state index contributed by atoms with van der Waals surface area (Å²) in [6, 6.07) is 11.3. The van der Waals surface area contributed by atoms with Crippen LogP contribution in [0.3, 0.4) is 0 Å². The Morgan fingerprint density at radius 1 is 0.976 bits per heavy atom. The van der Waals surface area contributed by atoms with Crippen molar-refractivity contribution in [2.24, 2.45) is 11.7 Å². The second-order valence-electron chi connectivity index (χ2n) is 9.40. The number of carbonyl (C=O) groups is 1. The smallest absolute Gasteiger partial charge is 0.349 e. The topological polar surface area (TPSA) is 113 Å². The van der Waals surface area contributed by atoms with Gasteiger partial charge in [0.25, 0.3) is 0 Å². The van der Waals surface area contributed by atoms with Gasteiger partial charge in [0.05, 0.1) is 19.6 Å². The lowest BCUT2D eigenvalue weighted by Crippen LogP contribution is -2.22. The number of nitrogens with two attached hydrogens (primary N) is 1. The molecule has 0 saturated heterocycles. The lowest BCUT2D eigenvalue weighted by Gasteiger charge is -2.27. The summed E-state index contributed by atoms with van der Waals surface area (Å²) in [5.41, 5.74) is 7.25. The van der Waals surface area contributed by atoms with E-state index in [1.807, 2.05) is 13.8 Å². The Kier molecular flexibility index (Phi) is 8.75. The Bertz CT molecular complexity index is 1590. The average molecular weight is 591 g/mol. The number of halogens is 5. The highest BCUT2D eigenvalue weighted by Gasteiger charge is 2.32. The fourth-order valence-corrected chi connectivity index (χ4v) is 4.09. The van der Waals surface area contributed by atoms with Gasteiger partial charge in [0.1, 0.15) is 23.1 Å². The molecule has 0 radical (unpaired) electrons. The molecule has 3 aromatic carbocycles. The second kappa shape index (κ2) is 12.3. The molecule has 8 nitrogen and oxygen atoms in total. The molecule has 1 unspecified atom stereocenters. The molecule has 0 spiro atoms. The maximum atomic E-state index is 13.8. The van der Waals surface area contributed by atoms with Gasteiger partial charge in [-0.1, -0.05) is 26.0 Å². The van der Waals surface area contributed by atoms with E-state index < -0.39 is 53.3 Å². The highest BCUT2D eigenvalue weighted by molar-refractivity contribution is 5.74. The number of nitrogens with zero attached hydrogens (tertiary/aromatic N) is 1. The van der Waals surface area contributed by atoms with Crippen LogP contribution in [0.2, 0.25) is 0 Å². The third-order valence-electron chi connectivity index (χ3n) is 6.02. The van der Waals surface area contributed by atoms with Crippen molar-refractivity contribution in [1.29, 1.82) is 5.26 Å². The number of benzene rings is 3. The van der Waals surface area contributed by atoms with Crippen LogP contribution in [0.4, 0.5) is 22.0 Å². The Hall–Kier alpha value is -4.99. The molecule has 1 aliphatic rings. The number of hydrogen-bond donors (Lipinski definition) is 1. The van der Waals surface area contributed by atoms with Crippen LogP contribution in [-0.2, 0) is 4.79 Å². The molecule has 2 N–H and O–H groups in total. The van der Waals surface area contributed by atoms with Gasteiger partial charge < -0.3 is 29.4 Å². The number of hydrogen-bond acceptors (Lipinski definition) is 8. The van der Waals surface area contributed by atoms with Gasteiger partial charge in [-0.05, 0) is 29.7 Å². The first-order valence-electron chi connectivity index (χ1n) is 12.3. The summed E-state index contributed by atoms with van der Waals surface area (Å²) >= 11 is 0. The van der Waals surface area contributed by atoms with Gasteiger partial charge in [0, 0.05) is 11.6 Å². The Labute approximate surface area is 236 Å². The minimum absolute atomic E-state index is 0.112. The number of rotatable bonds is 9. The number of nitriles is 1. The largest absolute Gasteiger partial charge is 0.493 e. The maximum absolute atomic E-state index is 13.8. The summed E-state index contributed by atoms with van der Waals surface area (Å²) in [6.07, 6.45) is 0. The molecule has 1 heterocycles. The summed E-state index contributed by atoms with van der Waals surface area (Å²) in [5.74, 6) is -13.8. The fourth-order valence-electron chi connectivity index (χ4n) is 4.09. The summed E-state index contributed by atoms with van der Waals surface area (Å²) in [4.78, 5) is 12.3. The highest BCUT2D eigenvalue weighted by Crippen LogP contribution is 2.45. The maximum Gasteiger partial charge on any atom is 0.349 e. The normalized spacial score (nSPS) is 14.1. The predicted octanol–water partition coefficient (Wildman–Crippen LogP) is 5.63. The van der Waals surface area contributed by atoms with E-state index in [2.05, 4.69) is 10.8 Å². The van der Waals surface area contributed by atoms with Crippen molar-refractivity contribution in [2.75, 3.05) is 20.3 Å². The second-order valence-corrected chi connectivity index (χ2v) is 9.40. The first-order chi connectivity index (χ1) is 20.0. The molecular weight excluding hydrogens is 567 g/mol. The zero-order chi connectivity index (χ0) is 30.7. The van der Waals surface area contributed by atoms with Gasteiger partial charge in [-0.15, -0.1) is 0 Å². The lowest BCUT2D eigenvalue weighted by molar-refractivity contribution is -0.136. The van der Waals surface area contributed by atoms with Gasteiger partial charge in [-0.2, -0.15) is 14.0 Å². The van der Waals surface area contributed by atoms with Gasteiger partial charge in [-0.25, -0.2) is 18.0 Å². The number of allylic oxidation sites excluding steroid dienone is 1. The minimum atomic E-state index is -2.37. The number of carbonyl (C=O) groups excluding carboxylic acids is 1. The van der Waals surface area contributed by atoms with Crippen molar-refractivity contribution in [3.63, 3.8) is 0 Å².